The lowest BCUT2D eigenvalue weighted by molar-refractivity contribution is 0.0490. The molecule has 1 heterocycles. The lowest BCUT2D eigenvalue weighted by atomic mass is 9.89. The van der Waals surface area contributed by atoms with E-state index < -0.39 is 5.97 Å². The molecule has 5 heteroatoms. The predicted molar refractivity (Wildman–Crippen MR) is 75.0 cm³/mol. The quantitative estimate of drug-likeness (QED) is 0.897. The number of aliphatic hydroxyl groups excluding tert-OH is 1. The third-order valence-corrected chi connectivity index (χ3v) is 3.94. The molecule has 2 N–H and O–H groups in total. The number of hydrogen-bond acceptors (Lipinski definition) is 3. The lowest BCUT2D eigenvalue weighted by Crippen LogP contribution is -2.31. The van der Waals surface area contributed by atoms with Crippen molar-refractivity contribution in [2.24, 2.45) is 0 Å². The van der Waals surface area contributed by atoms with Crippen LogP contribution in [0.1, 0.15) is 48.4 Å². The molecule has 0 radical (unpaired) electrons. The summed E-state index contributed by atoms with van der Waals surface area (Å²) in [7, 11) is 0. The van der Waals surface area contributed by atoms with Gasteiger partial charge in [0, 0.05) is 12.5 Å². The van der Waals surface area contributed by atoms with Crippen LogP contribution in [0, 0.1) is 0 Å². The number of nitrogens with zero attached hydrogens (tertiary/aromatic N) is 2. The van der Waals surface area contributed by atoms with Gasteiger partial charge >= 0.3 is 5.97 Å². The van der Waals surface area contributed by atoms with E-state index in [1.54, 1.807) is 12.1 Å². The van der Waals surface area contributed by atoms with E-state index in [0.29, 0.717) is 0 Å². The Balaban J connectivity index is 2.09. The highest BCUT2D eigenvalue weighted by atomic mass is 16.4. The molecule has 5 nitrogen and oxygen atoms in total. The normalized spacial score (nSPS) is 21.9. The molecule has 0 aliphatic heterocycles. The number of aliphatic hydroxyl groups is 1. The molecule has 106 valence electrons. The second-order valence-corrected chi connectivity index (χ2v) is 5.44. The molecule has 2 aromatic rings. The van der Waals surface area contributed by atoms with Crippen LogP contribution in [0.4, 0.5) is 0 Å². The van der Waals surface area contributed by atoms with Gasteiger partial charge in [-0.2, -0.15) is 0 Å². The van der Waals surface area contributed by atoms with Crippen molar-refractivity contribution in [1.82, 2.24) is 9.55 Å². The molecule has 0 bridgehead atoms. The molecule has 1 fully saturated rings. The molecule has 1 aliphatic carbocycles. The van der Waals surface area contributed by atoms with Gasteiger partial charge in [-0.25, -0.2) is 9.78 Å². The number of aromatic nitrogens is 2. The van der Waals surface area contributed by atoms with Crippen molar-refractivity contribution >= 4 is 17.0 Å². The van der Waals surface area contributed by atoms with Gasteiger partial charge in [-0.05, 0) is 37.5 Å². The Morgan fingerprint density at radius 1 is 1.45 bits per heavy atom. The molecule has 0 saturated heterocycles. The second-order valence-electron chi connectivity index (χ2n) is 5.44. The van der Waals surface area contributed by atoms with Crippen LogP contribution >= 0.6 is 0 Å². The first-order valence-corrected chi connectivity index (χ1v) is 7.02. The molecule has 1 aromatic heterocycles. The van der Waals surface area contributed by atoms with Gasteiger partial charge in [0.05, 0.1) is 22.7 Å². The average Bonchev–Trinajstić information content (AvgIpc) is 2.72. The average molecular weight is 274 g/mol. The first-order chi connectivity index (χ1) is 9.60. The predicted octanol–water partition coefficient (Wildman–Crippen LogP) is 2.38. The number of rotatable bonds is 4. The number of benzene rings is 1. The summed E-state index contributed by atoms with van der Waals surface area (Å²) in [4.78, 5) is 15.6. The summed E-state index contributed by atoms with van der Waals surface area (Å²) in [6.45, 7) is 2.10. The maximum Gasteiger partial charge on any atom is 0.335 e. The van der Waals surface area contributed by atoms with E-state index in [4.69, 9.17) is 5.11 Å². The minimum absolute atomic E-state index is 0.217. The van der Waals surface area contributed by atoms with E-state index in [2.05, 4.69) is 16.5 Å². The Morgan fingerprint density at radius 3 is 2.80 bits per heavy atom. The molecular weight excluding hydrogens is 256 g/mol. The molecule has 20 heavy (non-hydrogen) atoms. The Kier molecular flexibility index (Phi) is 3.22. The SMILES string of the molecule is CCCc1nc2cc(C(=O)O)ccc2n1C1CC(O)C1. The number of carboxylic acid groups (broad SMARTS) is 1. The van der Waals surface area contributed by atoms with Crippen LogP contribution < -0.4 is 0 Å². The maximum atomic E-state index is 11.0. The van der Waals surface area contributed by atoms with E-state index in [1.807, 2.05) is 6.07 Å². The number of fused-ring (bicyclic) bond motifs is 1. The van der Waals surface area contributed by atoms with Crippen LogP contribution in [0.3, 0.4) is 0 Å². The van der Waals surface area contributed by atoms with E-state index in [1.165, 1.54) is 0 Å². The van der Waals surface area contributed by atoms with Crippen LogP contribution in [0.5, 0.6) is 0 Å². The fourth-order valence-corrected chi connectivity index (χ4v) is 2.86. The van der Waals surface area contributed by atoms with Gasteiger partial charge in [0.2, 0.25) is 0 Å². The van der Waals surface area contributed by atoms with E-state index in [-0.39, 0.29) is 17.7 Å². The van der Waals surface area contributed by atoms with Crippen LogP contribution in [0.25, 0.3) is 11.0 Å². The number of aromatic carboxylic acids is 1. The van der Waals surface area contributed by atoms with Crippen molar-refractivity contribution in [2.45, 2.75) is 44.8 Å². The zero-order valence-corrected chi connectivity index (χ0v) is 11.4. The Hall–Kier alpha value is -1.88. The van der Waals surface area contributed by atoms with E-state index >= 15 is 0 Å². The minimum Gasteiger partial charge on any atom is -0.478 e. The van der Waals surface area contributed by atoms with Crippen molar-refractivity contribution in [3.8, 4) is 0 Å². The van der Waals surface area contributed by atoms with Crippen molar-refractivity contribution in [1.29, 1.82) is 0 Å². The molecule has 0 amide bonds. The van der Waals surface area contributed by atoms with Crippen molar-refractivity contribution in [3.05, 3.63) is 29.6 Å². The molecule has 0 unspecified atom stereocenters. The summed E-state index contributed by atoms with van der Waals surface area (Å²) in [5.41, 5.74) is 1.96. The highest BCUT2D eigenvalue weighted by Gasteiger charge is 2.31. The molecule has 0 atom stereocenters. The highest BCUT2D eigenvalue weighted by molar-refractivity contribution is 5.92. The molecule has 3 rings (SSSR count). The fourth-order valence-electron chi connectivity index (χ4n) is 2.86. The highest BCUT2D eigenvalue weighted by Crippen LogP contribution is 2.36. The van der Waals surface area contributed by atoms with Gasteiger partial charge < -0.3 is 14.8 Å². The number of carboxylic acids is 1. The van der Waals surface area contributed by atoms with Gasteiger partial charge in [-0.15, -0.1) is 0 Å². The Bertz CT molecular complexity index is 656. The smallest absolute Gasteiger partial charge is 0.335 e. The molecular formula is C15H18N2O3. The zero-order valence-electron chi connectivity index (χ0n) is 11.4. The third-order valence-electron chi connectivity index (χ3n) is 3.94. The first-order valence-electron chi connectivity index (χ1n) is 7.02. The Morgan fingerprint density at radius 2 is 2.20 bits per heavy atom. The van der Waals surface area contributed by atoms with Crippen molar-refractivity contribution in [3.63, 3.8) is 0 Å². The van der Waals surface area contributed by atoms with Crippen molar-refractivity contribution < 1.29 is 15.0 Å². The summed E-state index contributed by atoms with van der Waals surface area (Å²) in [5, 5.41) is 18.6. The number of hydrogen-bond donors (Lipinski definition) is 2. The van der Waals surface area contributed by atoms with Gasteiger partial charge in [0.15, 0.2) is 0 Å². The summed E-state index contributed by atoms with van der Waals surface area (Å²) in [6, 6.07) is 5.36. The summed E-state index contributed by atoms with van der Waals surface area (Å²) in [5.74, 6) is 0.0551. The standard InChI is InChI=1S/C15H18N2O3/c1-2-3-14-16-12-6-9(15(19)20)4-5-13(12)17(14)10-7-11(18)8-10/h4-6,10-11,18H,2-3,7-8H2,1H3,(H,19,20). The monoisotopic (exact) mass is 274 g/mol. The molecule has 0 spiro atoms. The summed E-state index contributed by atoms with van der Waals surface area (Å²) < 4.78 is 2.18. The summed E-state index contributed by atoms with van der Waals surface area (Å²) in [6.07, 6.45) is 3.14. The largest absolute Gasteiger partial charge is 0.478 e. The van der Waals surface area contributed by atoms with Crippen LogP contribution in [0.15, 0.2) is 18.2 Å². The van der Waals surface area contributed by atoms with Gasteiger partial charge in [-0.1, -0.05) is 6.92 Å². The van der Waals surface area contributed by atoms with Gasteiger partial charge in [-0.3, -0.25) is 0 Å². The molecule has 1 saturated carbocycles. The first kappa shape index (κ1) is 13.1. The lowest BCUT2D eigenvalue weighted by Gasteiger charge is -2.34. The molecule has 1 aromatic carbocycles. The number of carbonyl (C=O) groups is 1. The van der Waals surface area contributed by atoms with Crippen LogP contribution in [-0.2, 0) is 6.42 Å². The summed E-state index contributed by atoms with van der Waals surface area (Å²) >= 11 is 0. The fraction of sp³-hybridized carbons (Fsp3) is 0.467. The third kappa shape index (κ3) is 2.08. The van der Waals surface area contributed by atoms with Crippen LogP contribution in [0.2, 0.25) is 0 Å². The van der Waals surface area contributed by atoms with Gasteiger partial charge in [0.1, 0.15) is 5.82 Å². The second kappa shape index (κ2) is 4.90. The van der Waals surface area contributed by atoms with Crippen molar-refractivity contribution in [2.75, 3.05) is 0 Å². The minimum atomic E-state index is -0.933. The van der Waals surface area contributed by atoms with Crippen LogP contribution in [-0.4, -0.2) is 31.8 Å². The zero-order chi connectivity index (χ0) is 14.3. The topological polar surface area (TPSA) is 75.3 Å². The number of imidazole rings is 1. The molecule has 1 aliphatic rings. The number of aryl methyl sites for hydroxylation is 1. The van der Waals surface area contributed by atoms with E-state index in [0.717, 1.165) is 42.5 Å². The van der Waals surface area contributed by atoms with E-state index in [9.17, 15) is 9.90 Å². The van der Waals surface area contributed by atoms with Gasteiger partial charge in [0.25, 0.3) is 0 Å². The maximum absolute atomic E-state index is 11.0. The Labute approximate surface area is 116 Å².